The van der Waals surface area contributed by atoms with Crippen molar-refractivity contribution in [3.8, 4) is 11.1 Å². The van der Waals surface area contributed by atoms with Crippen LogP contribution in [0.1, 0.15) is 45.1 Å². The van der Waals surface area contributed by atoms with Crippen molar-refractivity contribution >= 4 is 71.9 Å². The average molecular weight is 651 g/mol. The molecular formula is C42H35ClN2OS. The smallest absolute Gasteiger partial charge is 0.206 e. The van der Waals surface area contributed by atoms with E-state index in [9.17, 15) is 0 Å². The van der Waals surface area contributed by atoms with Crippen molar-refractivity contribution in [2.24, 2.45) is 0 Å². The van der Waals surface area contributed by atoms with Gasteiger partial charge in [0.25, 0.3) is 0 Å². The highest BCUT2D eigenvalue weighted by atomic mass is 35.5. The summed E-state index contributed by atoms with van der Waals surface area (Å²) >= 11 is 9.45. The summed E-state index contributed by atoms with van der Waals surface area (Å²) in [6.45, 7) is 4.91. The maximum atomic E-state index is 7.69. The van der Waals surface area contributed by atoms with Gasteiger partial charge in [-0.1, -0.05) is 110 Å². The normalized spacial score (nSPS) is 20.4. The standard InChI is InChI=1S/C42H35ClN2OS/c1-41-24-10-11-25-42(41,2)45(33-20-8-7-19-32(33)41)35-22-13-21-34(39(35)43)44(30-17-12-16-29(26-30)28-14-4-3-5-15-28)38-27-37-40(46-38)31-18-6-9-23-36(31)47-37/h3-9,12-23,26-27H,10-11,24-25H2,1-2H3. The number of hydrogen-bond donors (Lipinski definition) is 0. The molecule has 2 unspecified atom stereocenters. The van der Waals surface area contributed by atoms with E-state index >= 15 is 0 Å². The molecule has 2 aliphatic rings. The predicted octanol–water partition coefficient (Wildman–Crippen LogP) is 13.2. The van der Waals surface area contributed by atoms with E-state index in [1.807, 2.05) is 0 Å². The topological polar surface area (TPSA) is 19.6 Å². The van der Waals surface area contributed by atoms with E-state index in [2.05, 4.69) is 151 Å². The second kappa shape index (κ2) is 10.8. The van der Waals surface area contributed by atoms with Gasteiger partial charge in [-0.15, -0.1) is 11.3 Å². The van der Waals surface area contributed by atoms with Crippen LogP contribution in [0.15, 0.2) is 132 Å². The highest BCUT2D eigenvalue weighted by molar-refractivity contribution is 7.25. The van der Waals surface area contributed by atoms with Crippen LogP contribution in [0.4, 0.5) is 28.6 Å². The lowest BCUT2D eigenvalue weighted by Gasteiger charge is -2.50. The van der Waals surface area contributed by atoms with Crippen LogP contribution in [0.2, 0.25) is 5.02 Å². The molecule has 3 nitrogen and oxygen atoms in total. The number of furan rings is 1. The molecule has 9 rings (SSSR count). The number of fused-ring (bicyclic) bond motifs is 6. The highest BCUT2D eigenvalue weighted by Gasteiger charge is 2.57. The van der Waals surface area contributed by atoms with Crippen LogP contribution in [-0.4, -0.2) is 5.54 Å². The fourth-order valence-corrected chi connectivity index (χ4v) is 9.72. The van der Waals surface area contributed by atoms with Gasteiger partial charge in [0, 0.05) is 32.9 Å². The lowest BCUT2D eigenvalue weighted by molar-refractivity contribution is 0.195. The van der Waals surface area contributed by atoms with Crippen molar-refractivity contribution in [3.63, 3.8) is 0 Å². The lowest BCUT2D eigenvalue weighted by Crippen LogP contribution is -2.54. The molecule has 0 bridgehead atoms. The largest absolute Gasteiger partial charge is 0.438 e. The summed E-state index contributed by atoms with van der Waals surface area (Å²) in [5, 5.41) is 1.85. The number of hydrogen-bond acceptors (Lipinski definition) is 4. The number of thiophene rings is 1. The fraction of sp³-hybridized carbons (Fsp3) is 0.190. The van der Waals surface area contributed by atoms with Gasteiger partial charge in [0.2, 0.25) is 5.88 Å². The van der Waals surface area contributed by atoms with Crippen molar-refractivity contribution in [1.82, 2.24) is 0 Å². The van der Waals surface area contributed by atoms with E-state index in [0.29, 0.717) is 5.02 Å². The van der Waals surface area contributed by atoms with Crippen molar-refractivity contribution in [2.75, 3.05) is 9.80 Å². The van der Waals surface area contributed by atoms with E-state index in [1.165, 1.54) is 40.8 Å². The third-order valence-electron chi connectivity index (χ3n) is 10.9. The molecule has 1 saturated carbocycles. The van der Waals surface area contributed by atoms with Gasteiger partial charge in [0.15, 0.2) is 5.58 Å². The minimum atomic E-state index is -0.0958. The first kappa shape index (κ1) is 28.7. The summed E-state index contributed by atoms with van der Waals surface area (Å²) in [6.07, 6.45) is 4.74. The Kier molecular flexibility index (Phi) is 6.57. The maximum Gasteiger partial charge on any atom is 0.206 e. The molecule has 2 aromatic heterocycles. The number of anilines is 5. The number of halogens is 1. The van der Waals surface area contributed by atoms with Gasteiger partial charge in [0.1, 0.15) is 0 Å². The molecule has 0 amide bonds. The fourth-order valence-electron chi connectivity index (χ4n) is 8.36. The highest BCUT2D eigenvalue weighted by Crippen LogP contribution is 2.62. The van der Waals surface area contributed by atoms with Crippen LogP contribution in [0.25, 0.3) is 31.5 Å². The summed E-state index contributed by atoms with van der Waals surface area (Å²) < 4.78 is 9.15. The minimum absolute atomic E-state index is 0.0390. The van der Waals surface area contributed by atoms with E-state index in [4.69, 9.17) is 16.0 Å². The molecule has 0 spiro atoms. The summed E-state index contributed by atoms with van der Waals surface area (Å²) in [5.74, 6) is 0.747. The molecule has 1 aliphatic heterocycles. The zero-order chi connectivity index (χ0) is 31.8. The summed E-state index contributed by atoms with van der Waals surface area (Å²) in [7, 11) is 0. The molecule has 5 heteroatoms. The van der Waals surface area contributed by atoms with Gasteiger partial charge in [0.05, 0.1) is 26.6 Å². The Balaban J connectivity index is 1.25. The predicted molar refractivity (Wildman–Crippen MR) is 200 cm³/mol. The first-order valence-electron chi connectivity index (χ1n) is 16.5. The zero-order valence-corrected chi connectivity index (χ0v) is 28.1. The first-order chi connectivity index (χ1) is 23.0. The molecule has 5 aromatic carbocycles. The monoisotopic (exact) mass is 650 g/mol. The maximum absolute atomic E-state index is 7.69. The molecule has 0 saturated heterocycles. The van der Waals surface area contributed by atoms with E-state index in [0.717, 1.165) is 50.6 Å². The van der Waals surface area contributed by atoms with E-state index in [-0.39, 0.29) is 11.0 Å². The number of para-hydroxylation sites is 1. The quantitative estimate of drug-likeness (QED) is 0.185. The van der Waals surface area contributed by atoms with Gasteiger partial charge < -0.3 is 9.32 Å². The second-order valence-electron chi connectivity index (χ2n) is 13.4. The molecule has 7 aromatic rings. The average Bonchev–Trinajstić information content (AvgIpc) is 3.73. The van der Waals surface area contributed by atoms with Crippen LogP contribution in [0.3, 0.4) is 0 Å². The van der Waals surface area contributed by atoms with E-state index < -0.39 is 0 Å². The Bertz CT molecular complexity index is 2290. The summed E-state index contributed by atoms with van der Waals surface area (Å²) in [5.41, 5.74) is 8.77. The van der Waals surface area contributed by atoms with Crippen molar-refractivity contribution in [2.45, 2.75) is 50.5 Å². The van der Waals surface area contributed by atoms with Gasteiger partial charge in [-0.2, -0.15) is 0 Å². The zero-order valence-electron chi connectivity index (χ0n) is 26.5. The Labute approximate surface area is 284 Å². The van der Waals surface area contributed by atoms with Crippen LogP contribution in [0.5, 0.6) is 0 Å². The molecule has 47 heavy (non-hydrogen) atoms. The van der Waals surface area contributed by atoms with Gasteiger partial charge in [-0.05, 0) is 78.9 Å². The van der Waals surface area contributed by atoms with Crippen LogP contribution in [-0.2, 0) is 5.41 Å². The molecular weight excluding hydrogens is 616 g/mol. The van der Waals surface area contributed by atoms with Crippen molar-refractivity contribution in [1.29, 1.82) is 0 Å². The SMILES string of the molecule is CC12CCCCC1(C)N(c1cccc(N(c3cccc(-c4ccccc4)c3)c3cc4sc5ccccc5c4o3)c1Cl)c1ccccc12. The van der Waals surface area contributed by atoms with Crippen molar-refractivity contribution in [3.05, 3.63) is 138 Å². The Hall–Kier alpha value is -4.51. The van der Waals surface area contributed by atoms with Crippen molar-refractivity contribution < 1.29 is 4.42 Å². The van der Waals surface area contributed by atoms with Crippen LogP contribution < -0.4 is 9.80 Å². The molecule has 2 atom stereocenters. The van der Waals surface area contributed by atoms with Gasteiger partial charge in [-0.3, -0.25) is 4.90 Å². The lowest BCUT2D eigenvalue weighted by atomic mass is 9.61. The number of rotatable bonds is 5. The molecule has 3 heterocycles. The molecule has 1 fully saturated rings. The molecule has 0 radical (unpaired) electrons. The van der Waals surface area contributed by atoms with Gasteiger partial charge >= 0.3 is 0 Å². The first-order valence-corrected chi connectivity index (χ1v) is 17.7. The second-order valence-corrected chi connectivity index (χ2v) is 14.9. The van der Waals surface area contributed by atoms with Crippen LogP contribution in [0, 0.1) is 0 Å². The number of benzene rings is 5. The summed E-state index contributed by atoms with van der Waals surface area (Å²) in [4.78, 5) is 4.75. The summed E-state index contributed by atoms with van der Waals surface area (Å²) in [6, 6.07) is 45.2. The molecule has 1 aliphatic carbocycles. The Morgan fingerprint density at radius 2 is 1.43 bits per heavy atom. The molecule has 0 N–H and O–H groups in total. The Morgan fingerprint density at radius 1 is 0.702 bits per heavy atom. The third kappa shape index (κ3) is 4.24. The molecule has 232 valence electrons. The number of nitrogens with zero attached hydrogens (tertiary/aromatic N) is 2. The van der Waals surface area contributed by atoms with E-state index in [1.54, 1.807) is 11.3 Å². The van der Waals surface area contributed by atoms with Gasteiger partial charge in [-0.25, -0.2) is 0 Å². The Morgan fingerprint density at radius 3 is 2.32 bits per heavy atom. The minimum Gasteiger partial charge on any atom is -0.438 e. The van der Waals surface area contributed by atoms with Crippen LogP contribution >= 0.6 is 22.9 Å². The third-order valence-corrected chi connectivity index (χ3v) is 12.4.